The predicted octanol–water partition coefficient (Wildman–Crippen LogP) is 3.44. The number of para-hydroxylation sites is 1. The van der Waals surface area contributed by atoms with Gasteiger partial charge in [-0.1, -0.05) is 30.0 Å². The van der Waals surface area contributed by atoms with Crippen LogP contribution < -0.4 is 5.56 Å². The van der Waals surface area contributed by atoms with Crippen LogP contribution in [0.1, 0.15) is 10.4 Å². The van der Waals surface area contributed by atoms with Crippen molar-refractivity contribution in [2.75, 3.05) is 5.75 Å². The number of nitrogens with one attached hydrogen (secondary N) is 2. The van der Waals surface area contributed by atoms with Crippen LogP contribution in [0.5, 0.6) is 0 Å². The monoisotopic (exact) mass is 341 g/mol. The molecule has 0 aliphatic heterocycles. The SMILES string of the molecule is O=C(CSc1nc2sccc2c(=O)[nH]1)c1c[nH]c2ccccc12. The van der Waals surface area contributed by atoms with Gasteiger partial charge < -0.3 is 9.97 Å². The first-order valence-corrected chi connectivity index (χ1v) is 8.78. The van der Waals surface area contributed by atoms with E-state index in [0.717, 1.165) is 10.9 Å². The summed E-state index contributed by atoms with van der Waals surface area (Å²) in [5.74, 6) is 0.225. The maximum Gasteiger partial charge on any atom is 0.260 e. The Morgan fingerprint density at radius 3 is 3.00 bits per heavy atom. The summed E-state index contributed by atoms with van der Waals surface area (Å²) < 4.78 is 0. The molecule has 0 radical (unpaired) electrons. The normalized spacial score (nSPS) is 11.3. The first-order chi connectivity index (χ1) is 11.2. The molecule has 0 atom stereocenters. The second-order valence-electron chi connectivity index (χ2n) is 4.97. The van der Waals surface area contributed by atoms with Gasteiger partial charge in [0.2, 0.25) is 0 Å². The zero-order chi connectivity index (χ0) is 15.8. The Labute approximate surface area is 138 Å². The highest BCUT2D eigenvalue weighted by molar-refractivity contribution is 7.99. The van der Waals surface area contributed by atoms with E-state index in [0.29, 0.717) is 20.9 Å². The number of benzene rings is 1. The predicted molar refractivity (Wildman–Crippen MR) is 93.6 cm³/mol. The molecule has 4 rings (SSSR count). The molecule has 23 heavy (non-hydrogen) atoms. The van der Waals surface area contributed by atoms with E-state index in [1.54, 1.807) is 12.3 Å². The quantitative estimate of drug-likeness (QED) is 0.339. The van der Waals surface area contributed by atoms with Crippen LogP contribution in [-0.4, -0.2) is 26.5 Å². The maximum absolute atomic E-state index is 12.4. The molecule has 0 fully saturated rings. The minimum atomic E-state index is -0.168. The van der Waals surface area contributed by atoms with Crippen LogP contribution in [0.4, 0.5) is 0 Å². The van der Waals surface area contributed by atoms with Crippen molar-refractivity contribution in [3.63, 3.8) is 0 Å². The van der Waals surface area contributed by atoms with Crippen LogP contribution in [-0.2, 0) is 0 Å². The Morgan fingerprint density at radius 1 is 1.22 bits per heavy atom. The average molecular weight is 341 g/mol. The van der Waals surface area contributed by atoms with Gasteiger partial charge in [0.25, 0.3) is 5.56 Å². The number of thioether (sulfide) groups is 1. The van der Waals surface area contributed by atoms with Crippen molar-refractivity contribution in [3.8, 4) is 0 Å². The number of carbonyl (C=O) groups excluding carboxylic acids is 1. The first-order valence-electron chi connectivity index (χ1n) is 6.92. The van der Waals surface area contributed by atoms with E-state index >= 15 is 0 Å². The minimum Gasteiger partial charge on any atom is -0.360 e. The van der Waals surface area contributed by atoms with Crippen molar-refractivity contribution in [1.82, 2.24) is 15.0 Å². The van der Waals surface area contributed by atoms with Crippen molar-refractivity contribution in [2.24, 2.45) is 0 Å². The zero-order valence-corrected chi connectivity index (χ0v) is 13.5. The summed E-state index contributed by atoms with van der Waals surface area (Å²) in [5, 5.41) is 3.80. The third kappa shape index (κ3) is 2.58. The average Bonchev–Trinajstić information content (AvgIpc) is 3.19. The number of hydrogen-bond acceptors (Lipinski definition) is 5. The fourth-order valence-corrected chi connectivity index (χ4v) is 3.99. The highest BCUT2D eigenvalue weighted by atomic mass is 32.2. The van der Waals surface area contributed by atoms with Crippen LogP contribution in [0.15, 0.2) is 51.9 Å². The van der Waals surface area contributed by atoms with Crippen LogP contribution >= 0.6 is 23.1 Å². The molecule has 1 aromatic carbocycles. The summed E-state index contributed by atoms with van der Waals surface area (Å²) in [6, 6.07) is 9.43. The van der Waals surface area contributed by atoms with Crippen LogP contribution in [0, 0.1) is 0 Å². The van der Waals surface area contributed by atoms with E-state index in [1.165, 1.54) is 23.1 Å². The van der Waals surface area contributed by atoms with Gasteiger partial charge in [0, 0.05) is 22.7 Å². The molecule has 0 saturated carbocycles. The third-order valence-electron chi connectivity index (χ3n) is 3.54. The molecular formula is C16H11N3O2S2. The van der Waals surface area contributed by atoms with Gasteiger partial charge in [-0.2, -0.15) is 0 Å². The van der Waals surface area contributed by atoms with Gasteiger partial charge in [0.15, 0.2) is 10.9 Å². The molecule has 3 heterocycles. The molecule has 4 aromatic rings. The van der Waals surface area contributed by atoms with E-state index in [9.17, 15) is 9.59 Å². The number of hydrogen-bond donors (Lipinski definition) is 2. The summed E-state index contributed by atoms with van der Waals surface area (Å²) in [5.41, 5.74) is 1.43. The minimum absolute atomic E-state index is 0.00127. The van der Waals surface area contributed by atoms with Gasteiger partial charge in [0.05, 0.1) is 11.1 Å². The number of ketones is 1. The summed E-state index contributed by atoms with van der Waals surface area (Å²) >= 11 is 2.66. The summed E-state index contributed by atoms with van der Waals surface area (Å²) in [6.45, 7) is 0. The van der Waals surface area contributed by atoms with E-state index in [1.807, 2.05) is 29.6 Å². The number of nitrogens with zero attached hydrogens (tertiary/aromatic N) is 1. The number of carbonyl (C=O) groups is 1. The van der Waals surface area contributed by atoms with Crippen molar-refractivity contribution >= 4 is 50.0 Å². The summed E-state index contributed by atoms with van der Waals surface area (Å²) in [6.07, 6.45) is 1.73. The van der Waals surface area contributed by atoms with Crippen LogP contribution in [0.2, 0.25) is 0 Å². The number of rotatable bonds is 4. The molecule has 0 unspecified atom stereocenters. The van der Waals surface area contributed by atoms with Crippen molar-refractivity contribution in [3.05, 3.63) is 57.8 Å². The Morgan fingerprint density at radius 2 is 2.09 bits per heavy atom. The number of aromatic amines is 2. The smallest absolute Gasteiger partial charge is 0.260 e. The number of fused-ring (bicyclic) bond motifs is 2. The standard InChI is InChI=1S/C16H11N3O2S2/c20-13(11-7-17-12-4-2-1-3-9(11)12)8-23-16-18-14(21)10-5-6-22-15(10)19-16/h1-7,17H,8H2,(H,18,19,21). The molecule has 0 aliphatic carbocycles. The lowest BCUT2D eigenvalue weighted by Gasteiger charge is -2.00. The Hall–Kier alpha value is -2.38. The molecular weight excluding hydrogens is 330 g/mol. The molecule has 0 spiro atoms. The largest absolute Gasteiger partial charge is 0.360 e. The molecule has 0 saturated heterocycles. The lowest BCUT2D eigenvalue weighted by atomic mass is 10.1. The highest BCUT2D eigenvalue weighted by Crippen LogP contribution is 2.22. The van der Waals surface area contributed by atoms with Crippen LogP contribution in [0.3, 0.4) is 0 Å². The van der Waals surface area contributed by atoms with Crippen molar-refractivity contribution < 1.29 is 4.79 Å². The second-order valence-corrected chi connectivity index (χ2v) is 6.83. The first kappa shape index (κ1) is 14.2. The van der Waals surface area contributed by atoms with Gasteiger partial charge in [-0.05, 0) is 17.5 Å². The number of H-pyrrole nitrogens is 2. The molecule has 5 nitrogen and oxygen atoms in total. The Balaban J connectivity index is 1.58. The summed E-state index contributed by atoms with van der Waals surface area (Å²) in [7, 11) is 0. The molecule has 3 aromatic heterocycles. The Bertz CT molecular complexity index is 1080. The fourth-order valence-electron chi connectivity index (χ4n) is 2.43. The lowest BCUT2D eigenvalue weighted by Crippen LogP contribution is -2.09. The maximum atomic E-state index is 12.4. The topological polar surface area (TPSA) is 78.6 Å². The van der Waals surface area contributed by atoms with Gasteiger partial charge in [0.1, 0.15) is 4.83 Å². The Kier molecular flexibility index (Phi) is 3.51. The fraction of sp³-hybridized carbons (Fsp3) is 0.0625. The molecule has 2 N–H and O–H groups in total. The van der Waals surface area contributed by atoms with Crippen molar-refractivity contribution in [1.29, 1.82) is 0 Å². The van der Waals surface area contributed by atoms with Gasteiger partial charge >= 0.3 is 0 Å². The molecule has 0 amide bonds. The van der Waals surface area contributed by atoms with Crippen molar-refractivity contribution in [2.45, 2.75) is 5.16 Å². The van der Waals surface area contributed by atoms with Crippen LogP contribution in [0.25, 0.3) is 21.1 Å². The zero-order valence-electron chi connectivity index (χ0n) is 11.8. The third-order valence-corrected chi connectivity index (χ3v) is 5.22. The molecule has 0 aliphatic rings. The van der Waals surface area contributed by atoms with E-state index in [-0.39, 0.29) is 17.1 Å². The summed E-state index contributed by atoms with van der Waals surface area (Å²) in [4.78, 5) is 35.2. The molecule has 0 bridgehead atoms. The number of thiophene rings is 1. The number of Topliss-reactive ketones (excluding diaryl/α,β-unsaturated/α-hetero) is 1. The highest BCUT2D eigenvalue weighted by Gasteiger charge is 2.13. The van der Waals surface area contributed by atoms with Gasteiger partial charge in [-0.15, -0.1) is 11.3 Å². The van der Waals surface area contributed by atoms with E-state index < -0.39 is 0 Å². The van der Waals surface area contributed by atoms with E-state index in [4.69, 9.17) is 0 Å². The van der Waals surface area contributed by atoms with Gasteiger partial charge in [-0.3, -0.25) is 9.59 Å². The number of aromatic nitrogens is 3. The van der Waals surface area contributed by atoms with E-state index in [2.05, 4.69) is 15.0 Å². The molecule has 114 valence electrons. The lowest BCUT2D eigenvalue weighted by molar-refractivity contribution is 0.102. The second kappa shape index (κ2) is 5.68. The van der Waals surface area contributed by atoms with Gasteiger partial charge in [-0.25, -0.2) is 4.98 Å². The molecule has 7 heteroatoms.